The van der Waals surface area contributed by atoms with Crippen molar-refractivity contribution in [2.45, 2.75) is 51.5 Å². The van der Waals surface area contributed by atoms with Crippen molar-refractivity contribution in [3.05, 3.63) is 24.3 Å². The van der Waals surface area contributed by atoms with Crippen molar-refractivity contribution in [3.8, 4) is 0 Å². The van der Waals surface area contributed by atoms with E-state index in [0.29, 0.717) is 19.5 Å². The zero-order valence-corrected chi connectivity index (χ0v) is 15.4. The van der Waals surface area contributed by atoms with Crippen LogP contribution in [-0.4, -0.2) is 52.4 Å². The molecule has 0 aromatic carbocycles. The van der Waals surface area contributed by atoms with Crippen molar-refractivity contribution >= 4 is 11.8 Å². The van der Waals surface area contributed by atoms with Crippen molar-refractivity contribution in [2.75, 3.05) is 20.1 Å². The fourth-order valence-electron chi connectivity index (χ4n) is 3.55. The van der Waals surface area contributed by atoms with E-state index in [4.69, 9.17) is 5.73 Å². The lowest BCUT2D eigenvalue weighted by molar-refractivity contribution is -0.144. The van der Waals surface area contributed by atoms with E-state index in [-0.39, 0.29) is 11.8 Å². The molecule has 3 N–H and O–H groups in total. The highest BCUT2D eigenvalue weighted by Gasteiger charge is 2.44. The number of aryl methyl sites for hydroxylation is 1. The van der Waals surface area contributed by atoms with Gasteiger partial charge >= 0.3 is 0 Å². The highest BCUT2D eigenvalue weighted by Crippen LogP contribution is 2.36. The number of amides is 2. The first-order chi connectivity index (χ1) is 11.8. The third-order valence-electron chi connectivity index (χ3n) is 4.83. The predicted molar refractivity (Wildman–Crippen MR) is 95.6 cm³/mol. The smallest absolute Gasteiger partial charge is 0.242 e. The Morgan fingerprint density at radius 3 is 2.76 bits per heavy atom. The maximum Gasteiger partial charge on any atom is 0.242 e. The van der Waals surface area contributed by atoms with E-state index >= 15 is 0 Å². The molecule has 0 radical (unpaired) electrons. The minimum Gasteiger partial charge on any atom is -0.359 e. The first-order valence-electron chi connectivity index (χ1n) is 8.84. The zero-order chi connectivity index (χ0) is 18.5. The van der Waals surface area contributed by atoms with Crippen LogP contribution in [-0.2, 0) is 16.0 Å². The van der Waals surface area contributed by atoms with Crippen LogP contribution in [0.3, 0.4) is 0 Å². The molecule has 0 spiro atoms. The molecule has 0 bridgehead atoms. The molecule has 7 nitrogen and oxygen atoms in total. The number of hydrogen-bond donors (Lipinski definition) is 2. The third kappa shape index (κ3) is 4.75. The number of rotatable bonds is 6. The predicted octanol–water partition coefficient (Wildman–Crippen LogP) is 0.891. The van der Waals surface area contributed by atoms with Crippen LogP contribution >= 0.6 is 0 Å². The second-order valence-electron chi connectivity index (χ2n) is 7.46. The molecule has 25 heavy (non-hydrogen) atoms. The summed E-state index contributed by atoms with van der Waals surface area (Å²) in [7, 11) is 1.65. The number of carbonyl (C=O) groups is 2. The monoisotopic (exact) mass is 347 g/mol. The molecule has 7 heteroatoms. The molecule has 1 aromatic heterocycles. The topological polar surface area (TPSA) is 101 Å². The van der Waals surface area contributed by atoms with Crippen LogP contribution in [0.25, 0.3) is 0 Å². The molecule has 1 atom stereocenters. The van der Waals surface area contributed by atoms with Crippen LogP contribution in [0.2, 0.25) is 0 Å². The summed E-state index contributed by atoms with van der Waals surface area (Å²) in [5, 5.41) is 2.79. The van der Waals surface area contributed by atoms with Gasteiger partial charge in [-0.1, -0.05) is 0 Å². The number of nitrogens with zero attached hydrogens (tertiary/aromatic N) is 3. The molecular formula is C18H29N5O2. The molecule has 138 valence electrons. The molecule has 2 rings (SSSR count). The number of likely N-dealkylation sites (tertiary alicyclic amines) is 1. The minimum absolute atomic E-state index is 0.000951. The lowest BCUT2D eigenvalue weighted by Gasteiger charge is -2.43. The van der Waals surface area contributed by atoms with Gasteiger partial charge in [-0.2, -0.15) is 0 Å². The molecule has 2 amide bonds. The Hall–Kier alpha value is -2.02. The first-order valence-corrected chi connectivity index (χ1v) is 8.84. The molecule has 1 aromatic rings. The number of carbonyl (C=O) groups excluding carboxylic acids is 2. The van der Waals surface area contributed by atoms with Crippen molar-refractivity contribution in [2.24, 2.45) is 11.1 Å². The molecule has 2 heterocycles. The number of aromatic nitrogens is 2. The van der Waals surface area contributed by atoms with Crippen LogP contribution in [0.15, 0.2) is 18.6 Å². The molecule has 1 aliphatic rings. The maximum absolute atomic E-state index is 12.6. The van der Waals surface area contributed by atoms with Crippen molar-refractivity contribution < 1.29 is 9.59 Å². The summed E-state index contributed by atoms with van der Waals surface area (Å²) in [6.45, 7) is 4.49. The van der Waals surface area contributed by atoms with Gasteiger partial charge in [0.15, 0.2) is 0 Å². The normalized spacial score (nSPS) is 21.0. The quantitative estimate of drug-likeness (QED) is 0.796. The van der Waals surface area contributed by atoms with Gasteiger partial charge in [0, 0.05) is 38.7 Å². The number of nitrogens with one attached hydrogen (secondary N) is 1. The van der Waals surface area contributed by atoms with E-state index in [1.807, 2.05) is 0 Å². The summed E-state index contributed by atoms with van der Waals surface area (Å²) < 4.78 is 0. The van der Waals surface area contributed by atoms with Gasteiger partial charge in [-0.3, -0.25) is 19.6 Å². The lowest BCUT2D eigenvalue weighted by atomic mass is 9.74. The minimum atomic E-state index is -0.925. The van der Waals surface area contributed by atoms with Crippen LogP contribution in [0, 0.1) is 5.41 Å². The number of piperidine rings is 1. The van der Waals surface area contributed by atoms with E-state index in [2.05, 4.69) is 15.3 Å². The number of nitrogens with two attached hydrogens (primary N) is 1. The Labute approximate surface area is 149 Å². The Bertz CT molecular complexity index is 599. The summed E-state index contributed by atoms with van der Waals surface area (Å²) >= 11 is 0. The number of hydrogen-bond acceptors (Lipinski definition) is 5. The summed E-state index contributed by atoms with van der Waals surface area (Å²) in [5.74, 6) is -0.103. The van der Waals surface area contributed by atoms with Crippen molar-refractivity contribution in [1.29, 1.82) is 0 Å². The van der Waals surface area contributed by atoms with Crippen molar-refractivity contribution in [1.82, 2.24) is 20.2 Å². The van der Waals surface area contributed by atoms with Gasteiger partial charge in [0.1, 0.15) is 0 Å². The Morgan fingerprint density at radius 1 is 1.40 bits per heavy atom. The lowest BCUT2D eigenvalue weighted by Crippen LogP contribution is -2.58. The maximum atomic E-state index is 12.6. The van der Waals surface area contributed by atoms with E-state index < -0.39 is 11.0 Å². The van der Waals surface area contributed by atoms with Gasteiger partial charge in [-0.05, 0) is 46.0 Å². The molecule has 0 unspecified atom stereocenters. The average Bonchev–Trinajstić information content (AvgIpc) is 2.60. The van der Waals surface area contributed by atoms with Gasteiger partial charge in [0.25, 0.3) is 0 Å². The second kappa shape index (κ2) is 7.91. The summed E-state index contributed by atoms with van der Waals surface area (Å²) in [6, 6.07) is 0. The summed E-state index contributed by atoms with van der Waals surface area (Å²) in [6.07, 6.45) is 8.95. The summed E-state index contributed by atoms with van der Waals surface area (Å²) in [4.78, 5) is 35.3. The van der Waals surface area contributed by atoms with Gasteiger partial charge in [0.2, 0.25) is 11.8 Å². The third-order valence-corrected chi connectivity index (χ3v) is 4.83. The Balaban J connectivity index is 2.08. The summed E-state index contributed by atoms with van der Waals surface area (Å²) in [5.41, 5.74) is 5.41. The SMILES string of the molecule is CNC(=O)[C@]1(CCCc2cnccn2)CCCN(C(=O)C(C)(C)N)C1. The van der Waals surface area contributed by atoms with E-state index in [1.165, 1.54) is 0 Å². The Kier molecular flexibility index (Phi) is 6.11. The fourth-order valence-corrected chi connectivity index (χ4v) is 3.55. The van der Waals surface area contributed by atoms with Gasteiger partial charge < -0.3 is 16.0 Å². The van der Waals surface area contributed by atoms with E-state index in [1.54, 1.807) is 44.4 Å². The fraction of sp³-hybridized carbons (Fsp3) is 0.667. The van der Waals surface area contributed by atoms with E-state index in [0.717, 1.165) is 31.4 Å². The second-order valence-corrected chi connectivity index (χ2v) is 7.46. The van der Waals surface area contributed by atoms with Crippen molar-refractivity contribution in [3.63, 3.8) is 0 Å². The molecule has 0 aliphatic carbocycles. The largest absolute Gasteiger partial charge is 0.359 e. The first kappa shape index (κ1) is 19.3. The Morgan fingerprint density at radius 2 is 2.16 bits per heavy atom. The molecular weight excluding hydrogens is 318 g/mol. The molecule has 1 fully saturated rings. The van der Waals surface area contributed by atoms with Gasteiger partial charge in [-0.25, -0.2) is 0 Å². The van der Waals surface area contributed by atoms with Crippen LogP contribution in [0.5, 0.6) is 0 Å². The molecule has 0 saturated carbocycles. The standard InChI is InChI=1S/C18H29N5O2/c1-17(2,19)16(25)23-11-5-8-18(13-23,15(24)20-3)7-4-6-14-12-21-9-10-22-14/h9-10,12H,4-8,11,13,19H2,1-3H3,(H,20,24)/t18-/m1/s1. The van der Waals surface area contributed by atoms with Crippen LogP contribution in [0.1, 0.15) is 45.2 Å². The van der Waals surface area contributed by atoms with Crippen LogP contribution in [0.4, 0.5) is 0 Å². The highest BCUT2D eigenvalue weighted by molar-refractivity contribution is 5.87. The molecule has 1 saturated heterocycles. The van der Waals surface area contributed by atoms with E-state index in [9.17, 15) is 9.59 Å². The average molecular weight is 347 g/mol. The molecule has 1 aliphatic heterocycles. The highest BCUT2D eigenvalue weighted by atomic mass is 16.2. The van der Waals surface area contributed by atoms with Gasteiger partial charge in [0.05, 0.1) is 16.6 Å². The zero-order valence-electron chi connectivity index (χ0n) is 15.4. The van der Waals surface area contributed by atoms with Crippen LogP contribution < -0.4 is 11.1 Å². The van der Waals surface area contributed by atoms with Gasteiger partial charge in [-0.15, -0.1) is 0 Å².